The minimum atomic E-state index is 0.280. The van der Waals surface area contributed by atoms with E-state index in [1.807, 2.05) is 0 Å². The third-order valence-electron chi connectivity index (χ3n) is 5.16. The van der Waals surface area contributed by atoms with Crippen molar-refractivity contribution in [3.8, 4) is 11.1 Å². The summed E-state index contributed by atoms with van der Waals surface area (Å²) in [7, 11) is 0. The molecule has 0 saturated carbocycles. The highest BCUT2D eigenvalue weighted by Crippen LogP contribution is 2.41. The number of halogens is 1. The van der Waals surface area contributed by atoms with Crippen molar-refractivity contribution in [3.05, 3.63) is 70.3 Å². The van der Waals surface area contributed by atoms with Gasteiger partial charge in [0.25, 0.3) is 0 Å². The standard InChI is InChI=1S/C24H24ClN3S/c1-5-28(19-8-6-7-16(4)13-19)22-21-20(14-29-23(21)27-24(25)26-22)18-11-9-17(10-12-18)15(2)3/h6-15H,5H2,1-4H3. The Balaban J connectivity index is 1.91. The molecule has 2 aromatic carbocycles. The summed E-state index contributed by atoms with van der Waals surface area (Å²) in [5.41, 5.74) is 5.98. The second kappa shape index (κ2) is 8.13. The Labute approximate surface area is 181 Å². The summed E-state index contributed by atoms with van der Waals surface area (Å²) in [4.78, 5) is 12.3. The van der Waals surface area contributed by atoms with Gasteiger partial charge in [0.1, 0.15) is 10.6 Å². The van der Waals surface area contributed by atoms with Gasteiger partial charge in [-0.3, -0.25) is 0 Å². The van der Waals surface area contributed by atoms with Gasteiger partial charge < -0.3 is 4.90 Å². The molecular formula is C24H24ClN3S. The fourth-order valence-corrected chi connectivity index (χ4v) is 4.76. The summed E-state index contributed by atoms with van der Waals surface area (Å²) >= 11 is 7.92. The number of hydrogen-bond acceptors (Lipinski definition) is 4. The van der Waals surface area contributed by atoms with Gasteiger partial charge in [0.15, 0.2) is 0 Å². The van der Waals surface area contributed by atoms with Crippen molar-refractivity contribution in [2.24, 2.45) is 0 Å². The van der Waals surface area contributed by atoms with Crippen molar-refractivity contribution in [3.63, 3.8) is 0 Å². The van der Waals surface area contributed by atoms with E-state index in [0.29, 0.717) is 5.92 Å². The average Bonchev–Trinajstić information content (AvgIpc) is 3.12. The van der Waals surface area contributed by atoms with Crippen molar-refractivity contribution < 1.29 is 0 Å². The van der Waals surface area contributed by atoms with Crippen LogP contribution >= 0.6 is 22.9 Å². The third kappa shape index (κ3) is 3.87. The van der Waals surface area contributed by atoms with Crippen LogP contribution in [0.3, 0.4) is 0 Å². The molecule has 0 fully saturated rings. The van der Waals surface area contributed by atoms with E-state index in [4.69, 9.17) is 11.6 Å². The number of thiophene rings is 1. The highest BCUT2D eigenvalue weighted by atomic mass is 35.5. The second-order valence-electron chi connectivity index (χ2n) is 7.51. The predicted octanol–water partition coefficient (Wildman–Crippen LogP) is 7.60. The topological polar surface area (TPSA) is 29.0 Å². The molecule has 0 saturated heterocycles. The Bertz CT molecular complexity index is 1150. The van der Waals surface area contributed by atoms with Gasteiger partial charge in [-0.05, 0) is 60.2 Å². The van der Waals surface area contributed by atoms with Crippen LogP contribution in [0, 0.1) is 6.92 Å². The van der Waals surface area contributed by atoms with Gasteiger partial charge in [-0.25, -0.2) is 4.98 Å². The van der Waals surface area contributed by atoms with Crippen LogP contribution in [-0.2, 0) is 0 Å². The quantitative estimate of drug-likeness (QED) is 0.310. The molecule has 2 heterocycles. The van der Waals surface area contributed by atoms with Crippen LogP contribution in [0.25, 0.3) is 21.3 Å². The average molecular weight is 422 g/mol. The van der Waals surface area contributed by atoms with E-state index in [1.165, 1.54) is 16.7 Å². The Morgan fingerprint density at radius 3 is 2.48 bits per heavy atom. The van der Waals surface area contributed by atoms with Crippen LogP contribution < -0.4 is 4.90 Å². The maximum absolute atomic E-state index is 6.31. The van der Waals surface area contributed by atoms with E-state index in [-0.39, 0.29) is 5.28 Å². The van der Waals surface area contributed by atoms with E-state index in [0.717, 1.165) is 33.8 Å². The summed E-state index contributed by atoms with van der Waals surface area (Å²) in [6, 6.07) is 17.3. The minimum absolute atomic E-state index is 0.280. The molecule has 5 heteroatoms. The lowest BCUT2D eigenvalue weighted by molar-refractivity contribution is 0.867. The molecule has 0 aliphatic carbocycles. The number of aryl methyl sites for hydroxylation is 1. The Hall–Kier alpha value is -2.43. The molecule has 0 radical (unpaired) electrons. The summed E-state index contributed by atoms with van der Waals surface area (Å²) in [5.74, 6) is 1.37. The van der Waals surface area contributed by atoms with E-state index in [2.05, 4.69) is 96.5 Å². The highest BCUT2D eigenvalue weighted by molar-refractivity contribution is 7.17. The maximum atomic E-state index is 6.31. The number of benzene rings is 2. The van der Waals surface area contributed by atoms with Crippen molar-refractivity contribution in [2.45, 2.75) is 33.6 Å². The number of aromatic nitrogens is 2. The van der Waals surface area contributed by atoms with E-state index >= 15 is 0 Å². The minimum Gasteiger partial charge on any atom is -0.326 e. The normalized spacial score (nSPS) is 11.4. The van der Waals surface area contributed by atoms with Gasteiger partial charge in [0, 0.05) is 23.2 Å². The fraction of sp³-hybridized carbons (Fsp3) is 0.250. The van der Waals surface area contributed by atoms with E-state index in [9.17, 15) is 0 Å². The first-order valence-corrected chi connectivity index (χ1v) is 11.1. The van der Waals surface area contributed by atoms with Crippen molar-refractivity contribution >= 4 is 44.7 Å². The molecule has 0 unspecified atom stereocenters. The summed E-state index contributed by atoms with van der Waals surface area (Å²) in [5, 5.41) is 3.50. The van der Waals surface area contributed by atoms with Crippen LogP contribution in [0.4, 0.5) is 11.5 Å². The second-order valence-corrected chi connectivity index (χ2v) is 8.70. The largest absolute Gasteiger partial charge is 0.326 e. The van der Waals surface area contributed by atoms with Crippen molar-refractivity contribution in [2.75, 3.05) is 11.4 Å². The van der Waals surface area contributed by atoms with E-state index < -0.39 is 0 Å². The maximum Gasteiger partial charge on any atom is 0.225 e. The first-order chi connectivity index (χ1) is 14.0. The molecule has 0 atom stereocenters. The van der Waals surface area contributed by atoms with Crippen LogP contribution in [-0.4, -0.2) is 16.5 Å². The molecule has 0 N–H and O–H groups in total. The summed E-state index contributed by atoms with van der Waals surface area (Å²) < 4.78 is 0. The molecule has 0 spiro atoms. The number of rotatable bonds is 5. The number of nitrogens with zero attached hydrogens (tertiary/aromatic N) is 3. The fourth-order valence-electron chi connectivity index (χ4n) is 3.60. The lowest BCUT2D eigenvalue weighted by Crippen LogP contribution is -2.18. The number of hydrogen-bond donors (Lipinski definition) is 0. The molecule has 4 aromatic rings. The molecule has 3 nitrogen and oxygen atoms in total. The molecule has 148 valence electrons. The monoisotopic (exact) mass is 421 g/mol. The molecule has 2 aromatic heterocycles. The molecule has 0 bridgehead atoms. The lowest BCUT2D eigenvalue weighted by Gasteiger charge is -2.24. The molecule has 0 amide bonds. The Kier molecular flexibility index (Phi) is 5.57. The lowest BCUT2D eigenvalue weighted by atomic mass is 9.99. The van der Waals surface area contributed by atoms with Gasteiger partial charge in [-0.15, -0.1) is 11.3 Å². The van der Waals surface area contributed by atoms with Crippen LogP contribution in [0.1, 0.15) is 37.8 Å². The van der Waals surface area contributed by atoms with Crippen LogP contribution in [0.15, 0.2) is 53.9 Å². The van der Waals surface area contributed by atoms with Crippen LogP contribution in [0.2, 0.25) is 5.28 Å². The van der Waals surface area contributed by atoms with Gasteiger partial charge >= 0.3 is 0 Å². The Morgan fingerprint density at radius 1 is 1.07 bits per heavy atom. The van der Waals surface area contributed by atoms with Crippen molar-refractivity contribution in [1.82, 2.24) is 9.97 Å². The zero-order chi connectivity index (χ0) is 20.5. The molecular weight excluding hydrogens is 398 g/mol. The third-order valence-corrected chi connectivity index (χ3v) is 6.20. The summed E-state index contributed by atoms with van der Waals surface area (Å²) in [6.45, 7) is 9.45. The first-order valence-electron chi connectivity index (χ1n) is 9.87. The zero-order valence-electron chi connectivity index (χ0n) is 17.1. The van der Waals surface area contributed by atoms with E-state index in [1.54, 1.807) is 11.3 Å². The van der Waals surface area contributed by atoms with Crippen molar-refractivity contribution in [1.29, 1.82) is 0 Å². The highest BCUT2D eigenvalue weighted by Gasteiger charge is 2.20. The zero-order valence-corrected chi connectivity index (χ0v) is 18.7. The van der Waals surface area contributed by atoms with Gasteiger partial charge in [0.05, 0.1) is 5.39 Å². The SMILES string of the molecule is CCN(c1cccc(C)c1)c1nc(Cl)nc2scc(-c3ccc(C(C)C)cc3)c12. The van der Waals surface area contributed by atoms with Gasteiger partial charge in [-0.1, -0.05) is 50.2 Å². The number of fused-ring (bicyclic) bond motifs is 1. The molecule has 4 rings (SSSR count). The summed E-state index contributed by atoms with van der Waals surface area (Å²) in [6.07, 6.45) is 0. The Morgan fingerprint density at radius 2 is 1.83 bits per heavy atom. The number of anilines is 2. The van der Waals surface area contributed by atoms with Gasteiger partial charge in [0.2, 0.25) is 5.28 Å². The smallest absolute Gasteiger partial charge is 0.225 e. The van der Waals surface area contributed by atoms with Crippen LogP contribution in [0.5, 0.6) is 0 Å². The van der Waals surface area contributed by atoms with Gasteiger partial charge in [-0.2, -0.15) is 4.98 Å². The first kappa shape index (κ1) is 19.9. The molecule has 0 aliphatic rings. The predicted molar refractivity (Wildman–Crippen MR) is 126 cm³/mol. The molecule has 0 aliphatic heterocycles. The molecule has 29 heavy (non-hydrogen) atoms.